The van der Waals surface area contributed by atoms with Crippen LogP contribution in [0.5, 0.6) is 11.5 Å². The zero-order valence-corrected chi connectivity index (χ0v) is 12.7. The maximum absolute atomic E-state index is 12.3. The van der Waals surface area contributed by atoms with E-state index < -0.39 is 0 Å². The molecule has 4 heteroatoms. The molecule has 2 aromatic rings. The molecule has 0 bridgehead atoms. The van der Waals surface area contributed by atoms with E-state index in [-0.39, 0.29) is 17.1 Å². The molecule has 0 aliphatic rings. The van der Waals surface area contributed by atoms with E-state index in [0.717, 1.165) is 11.5 Å². The fourth-order valence-electron chi connectivity index (χ4n) is 1.90. The molecule has 0 fully saturated rings. The first-order valence-corrected chi connectivity index (χ1v) is 8.01. The van der Waals surface area contributed by atoms with Gasteiger partial charge >= 0.3 is 0 Å². The van der Waals surface area contributed by atoms with Crippen LogP contribution in [0.4, 0.5) is 0 Å². The van der Waals surface area contributed by atoms with Gasteiger partial charge in [-0.3, -0.25) is 4.79 Å². The van der Waals surface area contributed by atoms with Crippen molar-refractivity contribution in [3.8, 4) is 11.5 Å². The van der Waals surface area contributed by atoms with Crippen LogP contribution in [0.15, 0.2) is 48.5 Å². The zero-order chi connectivity index (χ0) is 15.1. The van der Waals surface area contributed by atoms with Crippen LogP contribution in [0.1, 0.15) is 22.8 Å². The number of ether oxygens (including phenoxy) is 1. The average Bonchev–Trinajstić information content (AvgIpc) is 2.52. The molecule has 21 heavy (non-hydrogen) atoms. The topological polar surface area (TPSA) is 46.5 Å². The van der Waals surface area contributed by atoms with Crippen LogP contribution in [-0.2, 0) is 0 Å². The lowest BCUT2D eigenvalue weighted by Gasteiger charge is -2.08. The Morgan fingerprint density at radius 3 is 2.62 bits per heavy atom. The number of carbonyl (C=O) groups excluding carboxylic acids is 1. The first kappa shape index (κ1) is 15.4. The van der Waals surface area contributed by atoms with E-state index in [1.54, 1.807) is 48.2 Å². The van der Waals surface area contributed by atoms with E-state index in [4.69, 9.17) is 4.74 Å². The summed E-state index contributed by atoms with van der Waals surface area (Å²) in [6.07, 6.45) is 0. The first-order chi connectivity index (χ1) is 10.2. The number of benzene rings is 2. The summed E-state index contributed by atoms with van der Waals surface area (Å²) >= 11 is 1.80. The summed E-state index contributed by atoms with van der Waals surface area (Å²) in [4.78, 5) is 12.3. The van der Waals surface area contributed by atoms with Gasteiger partial charge in [0.1, 0.15) is 11.5 Å². The van der Waals surface area contributed by atoms with Gasteiger partial charge < -0.3 is 9.84 Å². The predicted octanol–water partition coefficient (Wildman–Crippen LogP) is 3.76. The van der Waals surface area contributed by atoms with Crippen molar-refractivity contribution in [1.82, 2.24) is 0 Å². The van der Waals surface area contributed by atoms with Crippen LogP contribution in [-0.4, -0.2) is 29.0 Å². The Bertz CT molecular complexity index is 596. The molecule has 0 aliphatic heterocycles. The van der Waals surface area contributed by atoms with E-state index in [1.165, 1.54) is 6.07 Å². The monoisotopic (exact) mass is 302 g/mol. The molecule has 0 atom stereocenters. The standard InChI is InChI=1S/C17H18O3S/c1-2-21-11-10-20-14-8-9-15(16(18)12-14)17(19)13-6-4-3-5-7-13/h3-9,12,18H,2,10-11H2,1H3. The molecule has 0 aromatic heterocycles. The Morgan fingerprint density at radius 1 is 1.19 bits per heavy atom. The van der Waals surface area contributed by atoms with Gasteiger partial charge in [0.15, 0.2) is 5.78 Å². The Hall–Kier alpha value is -1.94. The molecule has 2 rings (SSSR count). The number of hydrogen-bond donors (Lipinski definition) is 1. The second-order valence-corrected chi connectivity index (χ2v) is 5.81. The smallest absolute Gasteiger partial charge is 0.196 e. The van der Waals surface area contributed by atoms with Gasteiger partial charge in [0.25, 0.3) is 0 Å². The minimum absolute atomic E-state index is 0.0514. The number of thioether (sulfide) groups is 1. The molecular formula is C17H18O3S. The summed E-state index contributed by atoms with van der Waals surface area (Å²) in [6.45, 7) is 2.68. The van der Waals surface area contributed by atoms with E-state index in [0.29, 0.717) is 17.9 Å². The number of ketones is 1. The highest BCUT2D eigenvalue weighted by Crippen LogP contribution is 2.26. The molecule has 0 saturated carbocycles. The van der Waals surface area contributed by atoms with Crippen molar-refractivity contribution in [2.24, 2.45) is 0 Å². The second-order valence-electron chi connectivity index (χ2n) is 4.42. The summed E-state index contributed by atoms with van der Waals surface area (Å²) in [7, 11) is 0. The van der Waals surface area contributed by atoms with E-state index in [9.17, 15) is 9.90 Å². The Labute approximate surface area is 129 Å². The number of hydrogen-bond acceptors (Lipinski definition) is 4. The van der Waals surface area contributed by atoms with Gasteiger partial charge in [0.05, 0.1) is 12.2 Å². The van der Waals surface area contributed by atoms with Crippen LogP contribution < -0.4 is 4.74 Å². The minimum Gasteiger partial charge on any atom is -0.507 e. The summed E-state index contributed by atoms with van der Waals surface area (Å²) in [5.74, 6) is 2.29. The van der Waals surface area contributed by atoms with E-state index in [1.807, 2.05) is 6.07 Å². The van der Waals surface area contributed by atoms with Gasteiger partial charge in [-0.05, 0) is 17.9 Å². The number of rotatable bonds is 7. The number of phenols is 1. The van der Waals surface area contributed by atoms with Crippen molar-refractivity contribution in [1.29, 1.82) is 0 Å². The molecule has 0 unspecified atom stereocenters. The molecule has 0 heterocycles. The largest absolute Gasteiger partial charge is 0.507 e. The molecule has 2 aromatic carbocycles. The number of aromatic hydroxyl groups is 1. The molecule has 3 nitrogen and oxygen atoms in total. The third-order valence-electron chi connectivity index (χ3n) is 2.95. The van der Waals surface area contributed by atoms with Crippen LogP contribution in [0.2, 0.25) is 0 Å². The highest BCUT2D eigenvalue weighted by Gasteiger charge is 2.13. The highest BCUT2D eigenvalue weighted by molar-refractivity contribution is 7.99. The van der Waals surface area contributed by atoms with Crippen LogP contribution in [0.3, 0.4) is 0 Å². The van der Waals surface area contributed by atoms with Gasteiger partial charge in [0, 0.05) is 17.4 Å². The molecule has 0 saturated heterocycles. The first-order valence-electron chi connectivity index (χ1n) is 6.85. The summed E-state index contributed by atoms with van der Waals surface area (Å²) in [6, 6.07) is 13.7. The Morgan fingerprint density at radius 2 is 1.95 bits per heavy atom. The lowest BCUT2D eigenvalue weighted by atomic mass is 10.0. The van der Waals surface area contributed by atoms with E-state index >= 15 is 0 Å². The van der Waals surface area contributed by atoms with Crippen LogP contribution in [0, 0.1) is 0 Å². The lowest BCUT2D eigenvalue weighted by Crippen LogP contribution is -2.03. The molecule has 0 spiro atoms. The third kappa shape index (κ3) is 4.26. The molecule has 0 aliphatic carbocycles. The van der Waals surface area contributed by atoms with Gasteiger partial charge in [-0.1, -0.05) is 37.3 Å². The maximum atomic E-state index is 12.3. The van der Waals surface area contributed by atoms with Crippen molar-refractivity contribution in [2.75, 3.05) is 18.1 Å². The normalized spacial score (nSPS) is 10.3. The van der Waals surface area contributed by atoms with Gasteiger partial charge in [-0.2, -0.15) is 11.8 Å². The Kier molecular flexibility index (Phi) is 5.69. The molecule has 1 N–H and O–H groups in total. The van der Waals surface area contributed by atoms with Gasteiger partial charge in [-0.25, -0.2) is 0 Å². The zero-order valence-electron chi connectivity index (χ0n) is 11.9. The molecular weight excluding hydrogens is 284 g/mol. The SMILES string of the molecule is CCSCCOc1ccc(C(=O)c2ccccc2)c(O)c1. The Balaban J connectivity index is 2.07. The lowest BCUT2D eigenvalue weighted by molar-refractivity contribution is 0.103. The van der Waals surface area contributed by atoms with E-state index in [2.05, 4.69) is 6.92 Å². The van der Waals surface area contributed by atoms with Gasteiger partial charge in [0.2, 0.25) is 0 Å². The molecule has 0 radical (unpaired) electrons. The third-order valence-corrected chi connectivity index (χ3v) is 3.81. The van der Waals surface area contributed by atoms with Crippen molar-refractivity contribution in [3.63, 3.8) is 0 Å². The minimum atomic E-state index is -0.193. The number of carbonyl (C=O) groups is 1. The summed E-state index contributed by atoms with van der Waals surface area (Å²) in [5.41, 5.74) is 0.845. The fourth-order valence-corrected chi connectivity index (χ4v) is 2.39. The average molecular weight is 302 g/mol. The predicted molar refractivity (Wildman–Crippen MR) is 86.5 cm³/mol. The van der Waals surface area contributed by atoms with Crippen molar-refractivity contribution in [2.45, 2.75) is 6.92 Å². The second kappa shape index (κ2) is 7.74. The van der Waals surface area contributed by atoms with Crippen LogP contribution in [0.25, 0.3) is 0 Å². The molecule has 110 valence electrons. The van der Waals surface area contributed by atoms with Gasteiger partial charge in [-0.15, -0.1) is 0 Å². The van der Waals surface area contributed by atoms with Crippen molar-refractivity contribution < 1.29 is 14.6 Å². The highest BCUT2D eigenvalue weighted by atomic mass is 32.2. The van der Waals surface area contributed by atoms with Crippen LogP contribution >= 0.6 is 11.8 Å². The van der Waals surface area contributed by atoms with Crippen molar-refractivity contribution >= 4 is 17.5 Å². The summed E-state index contributed by atoms with van der Waals surface area (Å²) in [5, 5.41) is 10.0. The number of phenolic OH excluding ortho intramolecular Hbond substituents is 1. The summed E-state index contributed by atoms with van der Waals surface area (Å²) < 4.78 is 5.54. The quantitative estimate of drug-likeness (QED) is 0.625. The fraction of sp³-hybridized carbons (Fsp3) is 0.235. The van der Waals surface area contributed by atoms with Crippen molar-refractivity contribution in [3.05, 3.63) is 59.7 Å². The maximum Gasteiger partial charge on any atom is 0.196 e. The molecule has 0 amide bonds.